The van der Waals surface area contributed by atoms with E-state index in [0.29, 0.717) is 0 Å². The van der Waals surface area contributed by atoms with E-state index in [9.17, 15) is 31.5 Å². The largest absolute Gasteiger partial charge is 0.433 e. The van der Waals surface area contributed by atoms with Gasteiger partial charge in [-0.25, -0.2) is 13.4 Å². The number of sulfone groups is 1. The Morgan fingerprint density at radius 3 is 2.47 bits per heavy atom. The molecule has 174 valence electrons. The van der Waals surface area contributed by atoms with Crippen LogP contribution in [0, 0.1) is 5.41 Å². The normalized spacial score (nSPS) is 16.5. The van der Waals surface area contributed by atoms with E-state index in [1.165, 1.54) is 32.2 Å². The van der Waals surface area contributed by atoms with Crippen LogP contribution in [-0.4, -0.2) is 54.3 Å². The number of alkyl halides is 3. The third-order valence-corrected chi connectivity index (χ3v) is 5.19. The zero-order valence-electron chi connectivity index (χ0n) is 17.5. The number of pyridine rings is 1. The summed E-state index contributed by atoms with van der Waals surface area (Å²) in [4.78, 5) is 15.9. The lowest BCUT2D eigenvalue weighted by Gasteiger charge is -2.28. The van der Waals surface area contributed by atoms with Crippen molar-refractivity contribution in [1.29, 1.82) is 5.41 Å². The molecule has 0 radical (unpaired) electrons. The second-order valence-corrected chi connectivity index (χ2v) is 9.89. The molecular formula is C20H23F3N4O4S. The standard InChI is InChI=1S/C20H23F3N4O4S/c1-19(2,29)13-10-14(24)12(11-25-7-8-32(3,30)31)9-16(13)27-18(28)15-5-4-6-17(26-15)20(21,22)23/h4-6,9-11,24-25,29H,7-8H2,1-3H3,(H,27,28)/b12-11-,24-14?. The van der Waals surface area contributed by atoms with Crippen LogP contribution < -0.4 is 10.6 Å². The van der Waals surface area contributed by atoms with Gasteiger partial charge >= 0.3 is 6.18 Å². The molecule has 0 bridgehead atoms. The van der Waals surface area contributed by atoms with Gasteiger partial charge in [0.1, 0.15) is 21.2 Å². The Hall–Kier alpha value is -2.99. The molecule has 4 N–H and O–H groups in total. The van der Waals surface area contributed by atoms with Crippen molar-refractivity contribution in [3.63, 3.8) is 0 Å². The van der Waals surface area contributed by atoms with Crippen LogP contribution in [0.1, 0.15) is 30.0 Å². The van der Waals surface area contributed by atoms with Crippen LogP contribution in [0.3, 0.4) is 0 Å². The minimum Gasteiger partial charge on any atom is -0.389 e. The number of hydrogen-bond acceptors (Lipinski definition) is 7. The molecule has 0 saturated heterocycles. The molecule has 0 saturated carbocycles. The van der Waals surface area contributed by atoms with Crippen molar-refractivity contribution in [3.8, 4) is 0 Å². The summed E-state index contributed by atoms with van der Waals surface area (Å²) in [5.74, 6) is -1.07. The van der Waals surface area contributed by atoms with Crippen molar-refractivity contribution in [2.45, 2.75) is 25.6 Å². The quantitative estimate of drug-likeness (QED) is 0.449. The Kier molecular flexibility index (Phi) is 7.30. The van der Waals surface area contributed by atoms with Crippen molar-refractivity contribution in [2.24, 2.45) is 0 Å². The summed E-state index contributed by atoms with van der Waals surface area (Å²) in [6, 6.07) is 2.91. The van der Waals surface area contributed by atoms with Crippen LogP contribution in [0.15, 0.2) is 53.4 Å². The van der Waals surface area contributed by atoms with Gasteiger partial charge in [-0.1, -0.05) is 6.07 Å². The van der Waals surface area contributed by atoms with E-state index < -0.39 is 38.9 Å². The number of nitrogens with one attached hydrogen (secondary N) is 3. The van der Waals surface area contributed by atoms with Gasteiger partial charge < -0.3 is 21.1 Å². The lowest BCUT2D eigenvalue weighted by Crippen LogP contribution is -2.35. The van der Waals surface area contributed by atoms with Gasteiger partial charge in [-0.05, 0) is 38.1 Å². The highest BCUT2D eigenvalue weighted by atomic mass is 32.2. The van der Waals surface area contributed by atoms with E-state index in [-0.39, 0.29) is 34.9 Å². The molecule has 1 amide bonds. The number of halogens is 3. The number of aromatic nitrogens is 1. The summed E-state index contributed by atoms with van der Waals surface area (Å²) in [5, 5.41) is 23.8. The van der Waals surface area contributed by atoms with Gasteiger partial charge in [0.25, 0.3) is 5.91 Å². The van der Waals surface area contributed by atoms with Gasteiger partial charge in [0, 0.05) is 35.8 Å². The van der Waals surface area contributed by atoms with Gasteiger partial charge in [-0.2, -0.15) is 13.2 Å². The summed E-state index contributed by atoms with van der Waals surface area (Å²) in [5.41, 5.74) is -2.72. The van der Waals surface area contributed by atoms with E-state index in [2.05, 4.69) is 15.6 Å². The van der Waals surface area contributed by atoms with Crippen molar-refractivity contribution in [3.05, 3.63) is 64.8 Å². The Labute approximate surface area is 183 Å². The van der Waals surface area contributed by atoms with Crippen LogP contribution in [0.5, 0.6) is 0 Å². The molecule has 1 heterocycles. The van der Waals surface area contributed by atoms with E-state index in [4.69, 9.17) is 5.41 Å². The van der Waals surface area contributed by atoms with Crippen molar-refractivity contribution >= 4 is 21.5 Å². The molecule has 0 aromatic carbocycles. The average Bonchev–Trinajstić information content (AvgIpc) is 2.65. The fourth-order valence-corrected chi connectivity index (χ4v) is 3.17. The fourth-order valence-electron chi connectivity index (χ4n) is 2.68. The molecule has 0 fully saturated rings. The minimum absolute atomic E-state index is 0.0239. The molecule has 12 heteroatoms. The summed E-state index contributed by atoms with van der Waals surface area (Å²) >= 11 is 0. The highest BCUT2D eigenvalue weighted by Crippen LogP contribution is 2.29. The van der Waals surface area contributed by atoms with Crippen LogP contribution in [0.4, 0.5) is 13.2 Å². The number of rotatable bonds is 7. The molecule has 2 rings (SSSR count). The second kappa shape index (κ2) is 9.25. The molecule has 32 heavy (non-hydrogen) atoms. The molecule has 0 unspecified atom stereocenters. The van der Waals surface area contributed by atoms with Crippen LogP contribution in [0.2, 0.25) is 0 Å². The second-order valence-electron chi connectivity index (χ2n) is 7.63. The summed E-state index contributed by atoms with van der Waals surface area (Å²) in [7, 11) is -3.19. The molecule has 1 aliphatic rings. The lowest BCUT2D eigenvalue weighted by molar-refractivity contribution is -0.141. The predicted octanol–water partition coefficient (Wildman–Crippen LogP) is 1.96. The summed E-state index contributed by atoms with van der Waals surface area (Å²) in [6.45, 7) is 2.93. The topological polar surface area (TPSA) is 132 Å². The van der Waals surface area contributed by atoms with Crippen LogP contribution in [-0.2, 0) is 16.0 Å². The number of carbonyl (C=O) groups is 1. The van der Waals surface area contributed by atoms with Crippen molar-refractivity contribution < 1.29 is 31.5 Å². The third kappa shape index (κ3) is 7.02. The van der Waals surface area contributed by atoms with E-state index in [1.54, 1.807) is 0 Å². The molecule has 1 aromatic heterocycles. The van der Waals surface area contributed by atoms with E-state index >= 15 is 0 Å². The maximum absolute atomic E-state index is 12.9. The number of amides is 1. The van der Waals surface area contributed by atoms with Gasteiger partial charge in [-0.3, -0.25) is 4.79 Å². The zero-order chi connectivity index (χ0) is 24.3. The number of carbonyl (C=O) groups excluding carboxylic acids is 1. The number of aliphatic hydroxyl groups is 1. The SMILES string of the molecule is CC(C)(O)C1=CC(=N)/C(=C\NCCS(C)(=O)=O)C=C1NC(=O)c1cccc(C(F)(F)F)n1. The molecular weight excluding hydrogens is 449 g/mol. The average molecular weight is 472 g/mol. The third-order valence-electron chi connectivity index (χ3n) is 4.24. The van der Waals surface area contributed by atoms with Crippen LogP contribution in [0.25, 0.3) is 0 Å². The lowest BCUT2D eigenvalue weighted by atomic mass is 9.87. The minimum atomic E-state index is -4.72. The van der Waals surface area contributed by atoms with Gasteiger partial charge in [-0.15, -0.1) is 0 Å². The first-order chi connectivity index (χ1) is 14.6. The van der Waals surface area contributed by atoms with Gasteiger partial charge in [0.2, 0.25) is 0 Å². The smallest absolute Gasteiger partial charge is 0.389 e. The Morgan fingerprint density at radius 1 is 1.25 bits per heavy atom. The number of hydrogen-bond donors (Lipinski definition) is 4. The first-order valence-corrected chi connectivity index (χ1v) is 11.4. The highest BCUT2D eigenvalue weighted by molar-refractivity contribution is 7.90. The molecule has 1 aliphatic carbocycles. The van der Waals surface area contributed by atoms with E-state index in [1.807, 2.05) is 0 Å². The van der Waals surface area contributed by atoms with Gasteiger partial charge in [0.15, 0.2) is 0 Å². The fraction of sp³-hybridized carbons (Fsp3) is 0.350. The monoisotopic (exact) mass is 472 g/mol. The summed E-state index contributed by atoms with van der Waals surface area (Å²) < 4.78 is 61.1. The molecule has 0 aliphatic heterocycles. The van der Waals surface area contributed by atoms with E-state index in [0.717, 1.165) is 24.5 Å². The zero-order valence-corrected chi connectivity index (χ0v) is 18.4. The first-order valence-electron chi connectivity index (χ1n) is 9.30. The van der Waals surface area contributed by atoms with Crippen molar-refractivity contribution in [2.75, 3.05) is 18.6 Å². The number of nitrogens with zero attached hydrogens (tertiary/aromatic N) is 1. The Morgan fingerprint density at radius 2 is 1.91 bits per heavy atom. The van der Waals surface area contributed by atoms with Crippen molar-refractivity contribution in [1.82, 2.24) is 15.6 Å². The number of allylic oxidation sites excluding steroid dienone is 3. The summed E-state index contributed by atoms with van der Waals surface area (Å²) in [6.07, 6.45) is 0.396. The molecule has 0 atom stereocenters. The first kappa shape index (κ1) is 25.3. The van der Waals surface area contributed by atoms with Gasteiger partial charge in [0.05, 0.1) is 17.1 Å². The Bertz CT molecular complexity index is 1110. The van der Waals surface area contributed by atoms with Crippen LogP contribution >= 0.6 is 0 Å². The Balaban J connectivity index is 2.32. The highest BCUT2D eigenvalue weighted by Gasteiger charge is 2.33. The predicted molar refractivity (Wildman–Crippen MR) is 113 cm³/mol. The molecule has 8 nitrogen and oxygen atoms in total. The maximum Gasteiger partial charge on any atom is 0.433 e. The molecule has 0 spiro atoms. The maximum atomic E-state index is 12.9. The molecule has 1 aromatic rings.